The highest BCUT2D eigenvalue weighted by atomic mass is 16.5. The molecule has 1 atom stereocenters. The van der Waals surface area contributed by atoms with Crippen LogP contribution in [0.15, 0.2) is 23.5 Å². The van der Waals surface area contributed by atoms with Crippen LogP contribution in [0.1, 0.15) is 20.3 Å². The van der Waals surface area contributed by atoms with E-state index in [4.69, 9.17) is 4.74 Å². The van der Waals surface area contributed by atoms with Gasteiger partial charge in [-0.25, -0.2) is 0 Å². The fourth-order valence-corrected chi connectivity index (χ4v) is 1.34. The molecule has 0 amide bonds. The number of hydrogen-bond acceptors (Lipinski definition) is 2. The van der Waals surface area contributed by atoms with Crippen LogP contribution in [0.5, 0.6) is 0 Å². The quantitative estimate of drug-likeness (QED) is 0.600. The van der Waals surface area contributed by atoms with Gasteiger partial charge in [0.15, 0.2) is 6.29 Å². The molecule has 0 aromatic carbocycles. The fourth-order valence-electron chi connectivity index (χ4n) is 1.34. The summed E-state index contributed by atoms with van der Waals surface area (Å²) in [6.07, 6.45) is 5.86. The minimum Gasteiger partial charge on any atom is -0.486 e. The molecule has 1 unspecified atom stereocenters. The summed E-state index contributed by atoms with van der Waals surface area (Å²) in [5.74, 6) is 1.45. The van der Waals surface area contributed by atoms with Crippen LogP contribution < -0.4 is 0 Å². The first kappa shape index (κ1) is 9.04. The molecule has 0 bridgehead atoms. The molecular weight excluding hydrogens is 152 g/mol. The van der Waals surface area contributed by atoms with Crippen molar-refractivity contribution < 1.29 is 9.53 Å². The molecular formula is C10H14O2. The van der Waals surface area contributed by atoms with Gasteiger partial charge in [-0.15, -0.1) is 0 Å². The molecule has 0 aromatic rings. The van der Waals surface area contributed by atoms with Gasteiger partial charge in [-0.3, -0.25) is 4.79 Å². The van der Waals surface area contributed by atoms with Gasteiger partial charge in [-0.2, -0.15) is 0 Å². The van der Waals surface area contributed by atoms with Crippen molar-refractivity contribution >= 4 is 6.29 Å². The molecule has 0 saturated heterocycles. The van der Waals surface area contributed by atoms with Crippen molar-refractivity contribution in [1.29, 1.82) is 0 Å². The Morgan fingerprint density at radius 1 is 1.75 bits per heavy atom. The highest BCUT2D eigenvalue weighted by Crippen LogP contribution is 2.23. The zero-order valence-corrected chi connectivity index (χ0v) is 7.54. The average molecular weight is 166 g/mol. The second kappa shape index (κ2) is 4.10. The van der Waals surface area contributed by atoms with Gasteiger partial charge in [0.05, 0.1) is 0 Å². The minimum absolute atomic E-state index is 0.158. The van der Waals surface area contributed by atoms with Gasteiger partial charge in [-0.1, -0.05) is 13.0 Å². The Bertz CT molecular complexity index is 226. The number of carbonyl (C=O) groups excluding carboxylic acids is 1. The van der Waals surface area contributed by atoms with E-state index < -0.39 is 0 Å². The van der Waals surface area contributed by atoms with Crippen molar-refractivity contribution in [2.75, 3.05) is 6.61 Å². The lowest BCUT2D eigenvalue weighted by atomic mass is 9.96. The maximum Gasteiger partial charge on any atom is 0.157 e. The maximum absolute atomic E-state index is 10.0. The molecule has 66 valence electrons. The van der Waals surface area contributed by atoms with Gasteiger partial charge >= 0.3 is 0 Å². The largest absolute Gasteiger partial charge is 0.486 e. The Morgan fingerprint density at radius 3 is 3.08 bits per heavy atom. The van der Waals surface area contributed by atoms with E-state index in [1.54, 1.807) is 0 Å². The first-order chi connectivity index (χ1) is 5.74. The lowest BCUT2D eigenvalue weighted by Gasteiger charge is -2.16. The van der Waals surface area contributed by atoms with Crippen molar-refractivity contribution in [2.24, 2.45) is 5.92 Å². The summed E-state index contributed by atoms with van der Waals surface area (Å²) in [5, 5.41) is 0. The summed E-state index contributed by atoms with van der Waals surface area (Å²) < 4.78 is 5.22. The summed E-state index contributed by atoms with van der Waals surface area (Å²) >= 11 is 0. The highest BCUT2D eigenvalue weighted by molar-refractivity contribution is 5.51. The van der Waals surface area contributed by atoms with E-state index in [2.05, 4.69) is 13.0 Å². The predicted octanol–water partition coefficient (Wildman–Crippen LogP) is 2.07. The van der Waals surface area contributed by atoms with E-state index in [0.29, 0.717) is 5.92 Å². The van der Waals surface area contributed by atoms with Crippen molar-refractivity contribution in [1.82, 2.24) is 0 Å². The van der Waals surface area contributed by atoms with Crippen molar-refractivity contribution in [3.8, 4) is 0 Å². The first-order valence-electron chi connectivity index (χ1n) is 4.18. The van der Waals surface area contributed by atoms with Crippen LogP contribution in [-0.4, -0.2) is 12.9 Å². The van der Waals surface area contributed by atoms with E-state index in [0.717, 1.165) is 18.5 Å². The molecule has 0 N–H and O–H groups in total. The molecule has 12 heavy (non-hydrogen) atoms. The smallest absolute Gasteiger partial charge is 0.157 e. The predicted molar refractivity (Wildman–Crippen MR) is 47.6 cm³/mol. The van der Waals surface area contributed by atoms with Crippen LogP contribution in [0.25, 0.3) is 0 Å². The van der Waals surface area contributed by atoms with Crippen LogP contribution in [0.3, 0.4) is 0 Å². The molecule has 0 aromatic heterocycles. The third-order valence-corrected chi connectivity index (χ3v) is 1.93. The van der Waals surface area contributed by atoms with Crippen LogP contribution in [0.4, 0.5) is 0 Å². The molecule has 1 rings (SSSR count). The summed E-state index contributed by atoms with van der Waals surface area (Å²) in [6, 6.07) is 0. The standard InChI is InChI=1S/C10H14O2/c1-8-3-4-10(9(2)7-8)12-6-5-11/h3-5,8H,6-7H2,1-2H3. The molecule has 1 aliphatic carbocycles. The van der Waals surface area contributed by atoms with Gasteiger partial charge in [0, 0.05) is 0 Å². The first-order valence-corrected chi connectivity index (χ1v) is 4.18. The number of hydrogen-bond donors (Lipinski definition) is 0. The Hall–Kier alpha value is -1.05. The van der Waals surface area contributed by atoms with Gasteiger partial charge in [0.1, 0.15) is 12.4 Å². The molecule has 0 radical (unpaired) electrons. The topological polar surface area (TPSA) is 26.3 Å². The van der Waals surface area contributed by atoms with Crippen LogP contribution in [0, 0.1) is 5.92 Å². The second-order valence-electron chi connectivity index (χ2n) is 3.16. The third kappa shape index (κ3) is 2.22. The van der Waals surface area contributed by atoms with Gasteiger partial charge in [0.25, 0.3) is 0 Å². The summed E-state index contributed by atoms with van der Waals surface area (Å²) in [7, 11) is 0. The van der Waals surface area contributed by atoms with Gasteiger partial charge < -0.3 is 4.74 Å². The molecule has 0 heterocycles. The number of rotatable bonds is 3. The molecule has 2 nitrogen and oxygen atoms in total. The average Bonchev–Trinajstić information content (AvgIpc) is 2.03. The van der Waals surface area contributed by atoms with E-state index >= 15 is 0 Å². The highest BCUT2D eigenvalue weighted by Gasteiger charge is 2.09. The Balaban J connectivity index is 2.57. The molecule has 0 aliphatic heterocycles. The summed E-state index contributed by atoms with van der Waals surface area (Å²) in [5.41, 5.74) is 1.23. The lowest BCUT2D eigenvalue weighted by Crippen LogP contribution is -2.04. The zero-order valence-electron chi connectivity index (χ0n) is 7.54. The second-order valence-corrected chi connectivity index (χ2v) is 3.16. The third-order valence-electron chi connectivity index (χ3n) is 1.93. The van der Waals surface area contributed by atoms with Crippen LogP contribution in [-0.2, 0) is 9.53 Å². The molecule has 2 heteroatoms. The maximum atomic E-state index is 10.0. The summed E-state index contributed by atoms with van der Waals surface area (Å²) in [6.45, 7) is 4.36. The molecule has 0 fully saturated rings. The van der Waals surface area contributed by atoms with E-state index in [1.807, 2.05) is 13.0 Å². The Labute approximate surface area is 72.9 Å². The summed E-state index contributed by atoms with van der Waals surface area (Å²) in [4.78, 5) is 10.0. The van der Waals surface area contributed by atoms with Gasteiger partial charge in [-0.05, 0) is 30.9 Å². The Morgan fingerprint density at radius 2 is 2.50 bits per heavy atom. The fraction of sp³-hybridized carbons (Fsp3) is 0.500. The number of carbonyl (C=O) groups is 1. The Kier molecular flexibility index (Phi) is 3.09. The normalized spacial score (nSPS) is 22.7. The lowest BCUT2D eigenvalue weighted by molar-refractivity contribution is -0.110. The number of ether oxygens (including phenoxy) is 1. The van der Waals surface area contributed by atoms with E-state index in [1.165, 1.54) is 5.57 Å². The van der Waals surface area contributed by atoms with E-state index in [9.17, 15) is 4.79 Å². The molecule has 1 aliphatic rings. The number of aldehydes is 1. The van der Waals surface area contributed by atoms with Crippen LogP contribution in [0.2, 0.25) is 0 Å². The van der Waals surface area contributed by atoms with E-state index in [-0.39, 0.29) is 6.61 Å². The van der Waals surface area contributed by atoms with Gasteiger partial charge in [0.2, 0.25) is 0 Å². The molecule has 0 saturated carbocycles. The van der Waals surface area contributed by atoms with Crippen molar-refractivity contribution in [2.45, 2.75) is 20.3 Å². The van der Waals surface area contributed by atoms with Crippen LogP contribution >= 0.6 is 0 Å². The van der Waals surface area contributed by atoms with Crippen molar-refractivity contribution in [3.05, 3.63) is 23.5 Å². The SMILES string of the molecule is CC1=C(OCC=O)C=CC(C)C1. The minimum atomic E-state index is 0.158. The van der Waals surface area contributed by atoms with Crippen molar-refractivity contribution in [3.63, 3.8) is 0 Å². The monoisotopic (exact) mass is 166 g/mol. The zero-order chi connectivity index (χ0) is 8.97. The number of allylic oxidation sites excluding steroid dienone is 3. The molecule has 0 spiro atoms.